The Hall–Kier alpha value is -3.28. The smallest absolute Gasteiger partial charge is 0.255 e. The molecule has 0 aliphatic heterocycles. The summed E-state index contributed by atoms with van der Waals surface area (Å²) in [5.41, 5.74) is 2.42. The molecule has 0 atom stereocenters. The van der Waals surface area contributed by atoms with E-state index in [1.807, 2.05) is 43.5 Å². The molecule has 0 bridgehead atoms. The van der Waals surface area contributed by atoms with Crippen LogP contribution in [0.4, 0.5) is 5.69 Å². The minimum absolute atomic E-state index is 0.182. The molecule has 4 rings (SSSR count). The minimum atomic E-state index is -0.182. The highest BCUT2D eigenvalue weighted by Crippen LogP contribution is 2.32. The van der Waals surface area contributed by atoms with Gasteiger partial charge in [-0.2, -0.15) is 0 Å². The van der Waals surface area contributed by atoms with Crippen LogP contribution in [0.15, 0.2) is 54.9 Å². The van der Waals surface area contributed by atoms with Crippen molar-refractivity contribution in [2.45, 2.75) is 45.3 Å². The van der Waals surface area contributed by atoms with E-state index in [9.17, 15) is 4.79 Å². The van der Waals surface area contributed by atoms with Crippen LogP contribution in [0.2, 0.25) is 0 Å². The van der Waals surface area contributed by atoms with Gasteiger partial charge in [-0.3, -0.25) is 4.79 Å². The molecule has 3 aromatic rings. The number of rotatable bonds is 7. The Kier molecular flexibility index (Phi) is 6.02. The third-order valence-electron chi connectivity index (χ3n) is 5.51. The van der Waals surface area contributed by atoms with Gasteiger partial charge in [0.15, 0.2) is 11.5 Å². The second kappa shape index (κ2) is 9.03. The van der Waals surface area contributed by atoms with Gasteiger partial charge in [0.25, 0.3) is 5.91 Å². The summed E-state index contributed by atoms with van der Waals surface area (Å²) in [5, 5.41) is 2.95. The number of anilines is 1. The van der Waals surface area contributed by atoms with E-state index in [-0.39, 0.29) is 12.0 Å². The van der Waals surface area contributed by atoms with Crippen LogP contribution in [0.25, 0.3) is 0 Å². The molecule has 156 valence electrons. The van der Waals surface area contributed by atoms with Gasteiger partial charge in [-0.05, 0) is 68.5 Å². The highest BCUT2D eigenvalue weighted by atomic mass is 16.5. The van der Waals surface area contributed by atoms with Gasteiger partial charge in [0, 0.05) is 30.2 Å². The van der Waals surface area contributed by atoms with Gasteiger partial charge in [0.1, 0.15) is 5.82 Å². The van der Waals surface area contributed by atoms with E-state index in [2.05, 4.69) is 14.9 Å². The van der Waals surface area contributed by atoms with E-state index in [1.54, 1.807) is 25.4 Å². The Morgan fingerprint density at radius 3 is 2.57 bits per heavy atom. The van der Waals surface area contributed by atoms with Crippen molar-refractivity contribution in [1.82, 2.24) is 9.55 Å². The number of aryl methyl sites for hydroxylation is 1. The van der Waals surface area contributed by atoms with E-state index < -0.39 is 0 Å². The molecule has 1 aromatic heterocycles. The van der Waals surface area contributed by atoms with Gasteiger partial charge in [-0.25, -0.2) is 4.98 Å². The van der Waals surface area contributed by atoms with Crippen molar-refractivity contribution in [3.8, 4) is 11.5 Å². The lowest BCUT2D eigenvalue weighted by molar-refractivity contribution is 0.102. The van der Waals surface area contributed by atoms with Crippen LogP contribution in [0.3, 0.4) is 0 Å². The first-order valence-corrected chi connectivity index (χ1v) is 10.3. The van der Waals surface area contributed by atoms with Crippen molar-refractivity contribution in [3.63, 3.8) is 0 Å². The fraction of sp³-hybridized carbons (Fsp3) is 0.333. The lowest BCUT2D eigenvalue weighted by Crippen LogP contribution is -2.14. The molecule has 6 heteroatoms. The number of carbonyl (C=O) groups excluding carboxylic acids is 1. The van der Waals surface area contributed by atoms with E-state index in [4.69, 9.17) is 9.47 Å². The number of imidazole rings is 1. The second-order valence-electron chi connectivity index (χ2n) is 7.64. The zero-order valence-corrected chi connectivity index (χ0v) is 17.4. The zero-order chi connectivity index (χ0) is 20.9. The van der Waals surface area contributed by atoms with E-state index in [0.29, 0.717) is 17.1 Å². The Morgan fingerprint density at radius 1 is 1.13 bits per heavy atom. The van der Waals surface area contributed by atoms with Crippen LogP contribution in [-0.2, 0) is 6.54 Å². The number of nitrogens with one attached hydrogen (secondary N) is 1. The minimum Gasteiger partial charge on any atom is -0.493 e. The van der Waals surface area contributed by atoms with Crippen LogP contribution < -0.4 is 14.8 Å². The Bertz CT molecular complexity index is 1000. The molecule has 6 nitrogen and oxygen atoms in total. The third kappa shape index (κ3) is 4.64. The van der Waals surface area contributed by atoms with Crippen molar-refractivity contribution in [2.75, 3.05) is 12.4 Å². The third-order valence-corrected chi connectivity index (χ3v) is 5.51. The molecular formula is C24H27N3O3. The Balaban J connectivity index is 1.41. The summed E-state index contributed by atoms with van der Waals surface area (Å²) in [6.45, 7) is 2.73. The summed E-state index contributed by atoms with van der Waals surface area (Å²) in [7, 11) is 1.60. The maximum Gasteiger partial charge on any atom is 0.255 e. The average Bonchev–Trinajstić information content (AvgIpc) is 3.41. The fourth-order valence-electron chi connectivity index (χ4n) is 3.76. The van der Waals surface area contributed by atoms with E-state index >= 15 is 0 Å². The van der Waals surface area contributed by atoms with Gasteiger partial charge in [0.2, 0.25) is 0 Å². The Morgan fingerprint density at radius 2 is 1.90 bits per heavy atom. The molecule has 0 radical (unpaired) electrons. The number of ether oxygens (including phenoxy) is 2. The molecule has 1 saturated carbocycles. The maximum atomic E-state index is 12.7. The van der Waals surface area contributed by atoms with Gasteiger partial charge in [-0.15, -0.1) is 0 Å². The number of benzene rings is 2. The lowest BCUT2D eigenvalue weighted by Gasteiger charge is -2.16. The van der Waals surface area contributed by atoms with E-state index in [1.165, 1.54) is 12.8 Å². The number of methoxy groups -OCH3 is 1. The van der Waals surface area contributed by atoms with Crippen molar-refractivity contribution >= 4 is 11.6 Å². The second-order valence-corrected chi connectivity index (χ2v) is 7.64. The predicted octanol–water partition coefficient (Wildman–Crippen LogP) is 4.82. The van der Waals surface area contributed by atoms with Crippen LogP contribution in [-0.4, -0.2) is 28.7 Å². The van der Waals surface area contributed by atoms with Crippen molar-refractivity contribution in [2.24, 2.45) is 0 Å². The monoisotopic (exact) mass is 405 g/mol. The van der Waals surface area contributed by atoms with Crippen LogP contribution >= 0.6 is 0 Å². The molecule has 2 aromatic carbocycles. The van der Waals surface area contributed by atoms with Crippen molar-refractivity contribution in [3.05, 3.63) is 71.8 Å². The van der Waals surface area contributed by atoms with E-state index in [0.717, 1.165) is 36.5 Å². The summed E-state index contributed by atoms with van der Waals surface area (Å²) < 4.78 is 13.6. The van der Waals surface area contributed by atoms with Gasteiger partial charge >= 0.3 is 0 Å². The number of hydrogen-bond acceptors (Lipinski definition) is 4. The first kappa shape index (κ1) is 20.0. The quantitative estimate of drug-likeness (QED) is 0.612. The SMILES string of the molecule is COc1cc(C(=O)Nc2ccc(Cn3ccnc3C)cc2)ccc1OC1CCCC1. The number of amides is 1. The van der Waals surface area contributed by atoms with Gasteiger partial charge < -0.3 is 19.4 Å². The molecule has 1 heterocycles. The first-order chi connectivity index (χ1) is 14.6. The number of hydrogen-bond donors (Lipinski definition) is 1. The zero-order valence-electron chi connectivity index (χ0n) is 17.4. The largest absolute Gasteiger partial charge is 0.493 e. The van der Waals surface area contributed by atoms with Crippen LogP contribution in [0, 0.1) is 6.92 Å². The molecular weight excluding hydrogens is 378 g/mol. The molecule has 1 amide bonds. The average molecular weight is 405 g/mol. The molecule has 0 spiro atoms. The molecule has 1 aliphatic rings. The molecule has 1 fully saturated rings. The summed E-state index contributed by atoms with van der Waals surface area (Å²) in [4.78, 5) is 16.9. The fourth-order valence-corrected chi connectivity index (χ4v) is 3.76. The number of aromatic nitrogens is 2. The summed E-state index contributed by atoms with van der Waals surface area (Å²) >= 11 is 0. The molecule has 30 heavy (non-hydrogen) atoms. The standard InChI is InChI=1S/C24H27N3O3/c1-17-25-13-14-27(17)16-18-7-10-20(11-8-18)26-24(28)19-9-12-22(23(15-19)29-2)30-21-5-3-4-6-21/h7-15,21H,3-6,16H2,1-2H3,(H,26,28). The number of carbonyl (C=O) groups is 1. The molecule has 0 unspecified atom stereocenters. The lowest BCUT2D eigenvalue weighted by atomic mass is 10.1. The topological polar surface area (TPSA) is 65.4 Å². The predicted molar refractivity (Wildman–Crippen MR) is 116 cm³/mol. The summed E-state index contributed by atoms with van der Waals surface area (Å²) in [5.74, 6) is 2.07. The normalized spacial score (nSPS) is 13.9. The van der Waals surface area contributed by atoms with Crippen LogP contribution in [0.1, 0.15) is 47.4 Å². The highest BCUT2D eigenvalue weighted by Gasteiger charge is 2.19. The number of nitrogens with zero attached hydrogens (tertiary/aromatic N) is 2. The Labute approximate surface area is 176 Å². The summed E-state index contributed by atoms with van der Waals surface area (Å²) in [6, 6.07) is 13.2. The van der Waals surface area contributed by atoms with Gasteiger partial charge in [0.05, 0.1) is 13.2 Å². The highest BCUT2D eigenvalue weighted by molar-refractivity contribution is 6.04. The molecule has 1 aliphatic carbocycles. The molecule has 0 saturated heterocycles. The molecule has 1 N–H and O–H groups in total. The maximum absolute atomic E-state index is 12.7. The van der Waals surface area contributed by atoms with Crippen LogP contribution in [0.5, 0.6) is 11.5 Å². The van der Waals surface area contributed by atoms with Crippen molar-refractivity contribution < 1.29 is 14.3 Å². The van der Waals surface area contributed by atoms with Gasteiger partial charge in [-0.1, -0.05) is 12.1 Å². The first-order valence-electron chi connectivity index (χ1n) is 10.3. The summed E-state index contributed by atoms with van der Waals surface area (Å²) in [6.07, 6.45) is 8.54. The van der Waals surface area contributed by atoms with Crippen molar-refractivity contribution in [1.29, 1.82) is 0 Å².